The first-order chi connectivity index (χ1) is 10.7. The van der Waals surface area contributed by atoms with Gasteiger partial charge in [0, 0.05) is 32.7 Å². The summed E-state index contributed by atoms with van der Waals surface area (Å²) in [5.41, 5.74) is 0.964. The maximum atomic E-state index is 4.57. The average molecular weight is 295 g/mol. The van der Waals surface area contributed by atoms with E-state index in [4.69, 9.17) is 0 Å². The van der Waals surface area contributed by atoms with Crippen LogP contribution in [0.4, 0.5) is 11.9 Å². The Hall–Kier alpha value is -2.69. The van der Waals surface area contributed by atoms with Crippen molar-refractivity contribution in [1.82, 2.24) is 15.0 Å². The molecule has 0 radical (unpaired) electrons. The molecule has 0 saturated heterocycles. The summed E-state index contributed by atoms with van der Waals surface area (Å²) >= 11 is 0. The summed E-state index contributed by atoms with van der Waals surface area (Å²) in [7, 11) is 3.87. The second-order valence-corrected chi connectivity index (χ2v) is 4.96. The van der Waals surface area contributed by atoms with Gasteiger partial charge >= 0.3 is 0 Å². The van der Waals surface area contributed by atoms with Crippen LogP contribution in [0.1, 0.15) is 0 Å². The van der Waals surface area contributed by atoms with Crippen LogP contribution >= 0.6 is 0 Å². The zero-order valence-corrected chi connectivity index (χ0v) is 13.1. The van der Waals surface area contributed by atoms with Crippen LogP contribution in [0.15, 0.2) is 55.6 Å². The van der Waals surface area contributed by atoms with E-state index in [-0.39, 0.29) is 0 Å². The van der Waals surface area contributed by atoms with Gasteiger partial charge in [-0.25, -0.2) is 0 Å². The summed E-state index contributed by atoms with van der Waals surface area (Å²) in [4.78, 5) is 17.5. The molecule has 0 amide bonds. The van der Waals surface area contributed by atoms with Crippen LogP contribution in [-0.4, -0.2) is 42.1 Å². The molecule has 1 aromatic carbocycles. The molecule has 0 aliphatic heterocycles. The van der Waals surface area contributed by atoms with E-state index in [1.807, 2.05) is 66.4 Å². The van der Waals surface area contributed by atoms with Crippen molar-refractivity contribution in [2.24, 2.45) is 0 Å². The van der Waals surface area contributed by atoms with Gasteiger partial charge < -0.3 is 9.80 Å². The molecule has 0 spiro atoms. The van der Waals surface area contributed by atoms with Crippen molar-refractivity contribution in [2.75, 3.05) is 37.0 Å². The molecular formula is C17H21N5. The van der Waals surface area contributed by atoms with Crippen molar-refractivity contribution in [3.63, 3.8) is 0 Å². The third-order valence-electron chi connectivity index (χ3n) is 3.13. The lowest BCUT2D eigenvalue weighted by atomic mass is 10.2. The monoisotopic (exact) mass is 295 g/mol. The third-order valence-corrected chi connectivity index (χ3v) is 3.13. The van der Waals surface area contributed by atoms with E-state index < -0.39 is 0 Å². The van der Waals surface area contributed by atoms with E-state index in [1.54, 1.807) is 0 Å². The van der Waals surface area contributed by atoms with E-state index in [1.165, 1.54) is 0 Å². The normalized spacial score (nSPS) is 10.1. The molecule has 0 saturated carbocycles. The van der Waals surface area contributed by atoms with Crippen molar-refractivity contribution >= 4 is 11.9 Å². The highest BCUT2D eigenvalue weighted by molar-refractivity contribution is 5.58. The highest BCUT2D eigenvalue weighted by Gasteiger charge is 2.13. The molecule has 0 aliphatic rings. The maximum Gasteiger partial charge on any atom is 0.230 e. The van der Waals surface area contributed by atoms with Gasteiger partial charge in [-0.15, -0.1) is 13.2 Å². The van der Waals surface area contributed by atoms with Crippen LogP contribution in [0.25, 0.3) is 11.4 Å². The molecule has 114 valence electrons. The number of hydrogen-bond acceptors (Lipinski definition) is 5. The van der Waals surface area contributed by atoms with Crippen molar-refractivity contribution < 1.29 is 0 Å². The van der Waals surface area contributed by atoms with E-state index in [0.717, 1.165) is 5.56 Å². The fourth-order valence-corrected chi connectivity index (χ4v) is 1.96. The maximum absolute atomic E-state index is 4.57. The lowest BCUT2D eigenvalue weighted by Crippen LogP contribution is -2.24. The Bertz CT molecular complexity index is 605. The molecule has 0 aliphatic carbocycles. The second-order valence-electron chi connectivity index (χ2n) is 4.96. The minimum absolute atomic E-state index is 0.625. The minimum atomic E-state index is 0.625. The van der Waals surface area contributed by atoms with Crippen LogP contribution < -0.4 is 9.80 Å². The summed E-state index contributed by atoms with van der Waals surface area (Å²) < 4.78 is 0. The number of nitrogens with zero attached hydrogens (tertiary/aromatic N) is 5. The van der Waals surface area contributed by atoms with E-state index in [9.17, 15) is 0 Å². The van der Waals surface area contributed by atoms with Gasteiger partial charge in [0.1, 0.15) is 0 Å². The van der Waals surface area contributed by atoms with Gasteiger partial charge in [0.2, 0.25) is 11.9 Å². The standard InChI is InChI=1S/C17H21N5/c1-5-12-21(3)16-18-15(14-10-8-7-9-11-14)19-17(20-16)22(4)13-6-2/h5-11H,1-2,12-13H2,3-4H3. The molecule has 1 heterocycles. The molecule has 0 unspecified atom stereocenters. The van der Waals surface area contributed by atoms with Crippen LogP contribution in [0.5, 0.6) is 0 Å². The number of anilines is 2. The van der Waals surface area contributed by atoms with Gasteiger partial charge in [0.15, 0.2) is 5.82 Å². The molecule has 5 nitrogen and oxygen atoms in total. The van der Waals surface area contributed by atoms with E-state index in [2.05, 4.69) is 28.1 Å². The summed E-state index contributed by atoms with van der Waals surface area (Å²) in [6.45, 7) is 8.85. The molecule has 2 aromatic rings. The Morgan fingerprint density at radius 3 is 1.82 bits per heavy atom. The molecule has 0 atom stereocenters. The highest BCUT2D eigenvalue weighted by Crippen LogP contribution is 2.20. The first-order valence-electron chi connectivity index (χ1n) is 7.11. The Morgan fingerprint density at radius 2 is 1.36 bits per heavy atom. The molecule has 1 aromatic heterocycles. The zero-order chi connectivity index (χ0) is 15.9. The Morgan fingerprint density at radius 1 is 0.864 bits per heavy atom. The summed E-state index contributed by atoms with van der Waals surface area (Å²) in [5.74, 6) is 1.91. The molecule has 2 rings (SSSR count). The predicted molar refractivity (Wildman–Crippen MR) is 92.2 cm³/mol. The predicted octanol–water partition coefficient (Wildman–Crippen LogP) is 2.78. The SMILES string of the molecule is C=CCN(C)c1nc(-c2ccccc2)nc(N(C)CC=C)n1. The van der Waals surface area contributed by atoms with Crippen LogP contribution in [0, 0.1) is 0 Å². The number of benzene rings is 1. The number of rotatable bonds is 7. The van der Waals surface area contributed by atoms with Gasteiger partial charge in [-0.3, -0.25) is 0 Å². The first kappa shape index (κ1) is 15.7. The zero-order valence-electron chi connectivity index (χ0n) is 13.1. The van der Waals surface area contributed by atoms with Crippen LogP contribution in [0.3, 0.4) is 0 Å². The fourth-order valence-electron chi connectivity index (χ4n) is 1.96. The molecule has 22 heavy (non-hydrogen) atoms. The van der Waals surface area contributed by atoms with Crippen molar-refractivity contribution in [3.05, 3.63) is 55.6 Å². The second kappa shape index (κ2) is 7.36. The average Bonchev–Trinajstić information content (AvgIpc) is 2.55. The molecule has 0 fully saturated rings. The van der Waals surface area contributed by atoms with Crippen molar-refractivity contribution in [3.8, 4) is 11.4 Å². The third kappa shape index (κ3) is 3.69. The Kier molecular flexibility index (Phi) is 5.25. The van der Waals surface area contributed by atoms with Gasteiger partial charge in [-0.1, -0.05) is 42.5 Å². The van der Waals surface area contributed by atoms with Gasteiger partial charge in [-0.05, 0) is 0 Å². The smallest absolute Gasteiger partial charge is 0.230 e. The largest absolute Gasteiger partial charge is 0.340 e. The summed E-state index contributed by atoms with van der Waals surface area (Å²) in [5, 5.41) is 0. The van der Waals surface area contributed by atoms with Gasteiger partial charge in [-0.2, -0.15) is 15.0 Å². The number of likely N-dealkylation sites (N-methyl/N-ethyl adjacent to an activating group) is 2. The minimum Gasteiger partial charge on any atom is -0.340 e. The van der Waals surface area contributed by atoms with Crippen molar-refractivity contribution in [1.29, 1.82) is 0 Å². The Labute approximate surface area is 131 Å². The molecule has 0 N–H and O–H groups in total. The van der Waals surface area contributed by atoms with E-state index in [0.29, 0.717) is 30.8 Å². The number of aromatic nitrogens is 3. The summed E-state index contributed by atoms with van der Waals surface area (Å²) in [6, 6.07) is 9.90. The molecule has 0 bridgehead atoms. The highest BCUT2D eigenvalue weighted by atomic mass is 15.3. The lowest BCUT2D eigenvalue weighted by molar-refractivity contribution is 0.877. The molecular weight excluding hydrogens is 274 g/mol. The first-order valence-corrected chi connectivity index (χ1v) is 7.11. The summed E-state index contributed by atoms with van der Waals surface area (Å²) in [6.07, 6.45) is 3.64. The lowest BCUT2D eigenvalue weighted by Gasteiger charge is -2.20. The molecule has 5 heteroatoms. The fraction of sp³-hybridized carbons (Fsp3) is 0.235. The van der Waals surface area contributed by atoms with Crippen molar-refractivity contribution in [2.45, 2.75) is 0 Å². The van der Waals surface area contributed by atoms with Gasteiger partial charge in [0.25, 0.3) is 0 Å². The Balaban J connectivity index is 2.48. The van der Waals surface area contributed by atoms with E-state index >= 15 is 0 Å². The quantitative estimate of drug-likeness (QED) is 0.735. The topological polar surface area (TPSA) is 45.2 Å². The number of hydrogen-bond donors (Lipinski definition) is 0. The van der Waals surface area contributed by atoms with Gasteiger partial charge in [0.05, 0.1) is 0 Å². The van der Waals surface area contributed by atoms with Crippen LogP contribution in [0.2, 0.25) is 0 Å². The van der Waals surface area contributed by atoms with Crippen LogP contribution in [-0.2, 0) is 0 Å².